The van der Waals surface area contributed by atoms with Gasteiger partial charge in [-0.25, -0.2) is 0 Å². The maximum absolute atomic E-state index is 11.9. The molecular weight excluding hydrogens is 224 g/mol. The number of anilines is 1. The molecule has 100 valence electrons. The number of rotatable bonds is 6. The standard InChI is InChI=1S/C15H24N2O/c1-4-7-13(16)10-14(18)17-15-11(3)8-6-9-12(15)5-2/h6,8-9,13H,4-5,7,10,16H2,1-3H3,(H,17,18). The number of carbonyl (C=O) groups excluding carboxylic acids is 1. The molecule has 3 heteroatoms. The molecule has 0 aliphatic heterocycles. The molecule has 0 radical (unpaired) electrons. The summed E-state index contributed by atoms with van der Waals surface area (Å²) in [6.45, 7) is 6.18. The molecule has 1 amide bonds. The van der Waals surface area contributed by atoms with E-state index in [-0.39, 0.29) is 11.9 Å². The SMILES string of the molecule is CCCC(N)CC(=O)Nc1c(C)cccc1CC. The predicted molar refractivity (Wildman–Crippen MR) is 76.7 cm³/mol. The molecule has 1 atom stereocenters. The van der Waals surface area contributed by atoms with Crippen LogP contribution >= 0.6 is 0 Å². The molecule has 3 nitrogen and oxygen atoms in total. The highest BCUT2D eigenvalue weighted by molar-refractivity contribution is 5.92. The number of nitrogens with two attached hydrogens (primary N) is 1. The third-order valence-electron chi connectivity index (χ3n) is 3.11. The molecule has 1 unspecified atom stereocenters. The summed E-state index contributed by atoms with van der Waals surface area (Å²) >= 11 is 0. The van der Waals surface area contributed by atoms with Crippen molar-refractivity contribution in [3.8, 4) is 0 Å². The van der Waals surface area contributed by atoms with Crippen molar-refractivity contribution in [3.05, 3.63) is 29.3 Å². The van der Waals surface area contributed by atoms with Crippen LogP contribution in [0.2, 0.25) is 0 Å². The van der Waals surface area contributed by atoms with E-state index < -0.39 is 0 Å². The zero-order chi connectivity index (χ0) is 13.5. The second-order valence-corrected chi connectivity index (χ2v) is 4.76. The molecule has 0 aliphatic rings. The summed E-state index contributed by atoms with van der Waals surface area (Å²) in [6.07, 6.45) is 3.21. The summed E-state index contributed by atoms with van der Waals surface area (Å²) in [7, 11) is 0. The maximum atomic E-state index is 11.9. The number of aryl methyl sites for hydroxylation is 2. The number of hydrogen-bond acceptors (Lipinski definition) is 2. The molecule has 0 saturated carbocycles. The Bertz CT molecular complexity index is 401. The number of para-hydroxylation sites is 1. The van der Waals surface area contributed by atoms with Crippen LogP contribution in [0.25, 0.3) is 0 Å². The first-order valence-corrected chi connectivity index (χ1v) is 6.72. The van der Waals surface area contributed by atoms with Crippen LogP contribution in [0.5, 0.6) is 0 Å². The minimum atomic E-state index is -0.0379. The van der Waals surface area contributed by atoms with Crippen LogP contribution in [0.1, 0.15) is 44.2 Å². The number of benzene rings is 1. The van der Waals surface area contributed by atoms with Crippen LogP contribution in [0.4, 0.5) is 5.69 Å². The fourth-order valence-corrected chi connectivity index (χ4v) is 2.10. The topological polar surface area (TPSA) is 55.1 Å². The van der Waals surface area contributed by atoms with Gasteiger partial charge in [0.2, 0.25) is 5.91 Å². The Kier molecular flexibility index (Phi) is 5.86. The molecule has 0 aromatic heterocycles. The lowest BCUT2D eigenvalue weighted by Crippen LogP contribution is -2.27. The average Bonchev–Trinajstić information content (AvgIpc) is 2.31. The maximum Gasteiger partial charge on any atom is 0.225 e. The van der Waals surface area contributed by atoms with Crippen molar-refractivity contribution < 1.29 is 4.79 Å². The van der Waals surface area contributed by atoms with Gasteiger partial charge < -0.3 is 11.1 Å². The van der Waals surface area contributed by atoms with Crippen molar-refractivity contribution in [2.45, 2.75) is 52.5 Å². The summed E-state index contributed by atoms with van der Waals surface area (Å²) in [5.41, 5.74) is 9.12. The van der Waals surface area contributed by atoms with Gasteiger partial charge in [0, 0.05) is 18.2 Å². The molecule has 0 fully saturated rings. The average molecular weight is 248 g/mol. The molecule has 0 spiro atoms. The van der Waals surface area contributed by atoms with Crippen molar-refractivity contribution >= 4 is 11.6 Å². The lowest BCUT2D eigenvalue weighted by molar-refractivity contribution is -0.116. The van der Waals surface area contributed by atoms with Gasteiger partial charge in [-0.3, -0.25) is 4.79 Å². The second kappa shape index (κ2) is 7.17. The van der Waals surface area contributed by atoms with Crippen molar-refractivity contribution in [2.75, 3.05) is 5.32 Å². The van der Waals surface area contributed by atoms with Gasteiger partial charge in [0.1, 0.15) is 0 Å². The number of hydrogen-bond donors (Lipinski definition) is 2. The summed E-state index contributed by atoms with van der Waals surface area (Å²) in [6, 6.07) is 6.05. The normalized spacial score (nSPS) is 12.2. The number of carbonyl (C=O) groups is 1. The smallest absolute Gasteiger partial charge is 0.225 e. The molecule has 1 rings (SSSR count). The van der Waals surface area contributed by atoms with E-state index >= 15 is 0 Å². The molecule has 0 saturated heterocycles. The van der Waals surface area contributed by atoms with Gasteiger partial charge in [-0.1, -0.05) is 38.5 Å². The molecule has 0 bridgehead atoms. The van der Waals surface area contributed by atoms with E-state index in [9.17, 15) is 4.79 Å². The van der Waals surface area contributed by atoms with Crippen LogP contribution in [0, 0.1) is 6.92 Å². The summed E-state index contributed by atoms with van der Waals surface area (Å²) in [5, 5.41) is 3.00. The van der Waals surface area contributed by atoms with E-state index in [1.165, 1.54) is 5.56 Å². The van der Waals surface area contributed by atoms with Gasteiger partial charge in [0.25, 0.3) is 0 Å². The quantitative estimate of drug-likeness (QED) is 0.813. The number of nitrogens with one attached hydrogen (secondary N) is 1. The predicted octanol–water partition coefficient (Wildman–Crippen LogP) is 3.01. The lowest BCUT2D eigenvalue weighted by atomic mass is 10.0. The van der Waals surface area contributed by atoms with Crippen molar-refractivity contribution in [2.24, 2.45) is 5.73 Å². The molecule has 3 N–H and O–H groups in total. The van der Waals surface area contributed by atoms with Crippen LogP contribution in [-0.2, 0) is 11.2 Å². The van der Waals surface area contributed by atoms with E-state index in [0.717, 1.165) is 30.5 Å². The Balaban J connectivity index is 2.69. The van der Waals surface area contributed by atoms with Gasteiger partial charge in [0.05, 0.1) is 0 Å². The number of amides is 1. The Hall–Kier alpha value is -1.35. The van der Waals surface area contributed by atoms with Gasteiger partial charge in [-0.15, -0.1) is 0 Å². The largest absolute Gasteiger partial charge is 0.327 e. The molecule has 0 heterocycles. The first kappa shape index (κ1) is 14.7. The Morgan fingerprint density at radius 1 is 1.39 bits per heavy atom. The monoisotopic (exact) mass is 248 g/mol. The van der Waals surface area contributed by atoms with Crippen molar-refractivity contribution in [1.29, 1.82) is 0 Å². The first-order valence-electron chi connectivity index (χ1n) is 6.72. The summed E-state index contributed by atoms with van der Waals surface area (Å²) in [5.74, 6) is 0.0138. The van der Waals surface area contributed by atoms with Crippen LogP contribution in [0.15, 0.2) is 18.2 Å². The second-order valence-electron chi connectivity index (χ2n) is 4.76. The van der Waals surface area contributed by atoms with E-state index in [1.807, 2.05) is 19.1 Å². The van der Waals surface area contributed by atoms with E-state index in [1.54, 1.807) is 0 Å². The van der Waals surface area contributed by atoms with Crippen molar-refractivity contribution in [1.82, 2.24) is 0 Å². The summed E-state index contributed by atoms with van der Waals surface area (Å²) in [4.78, 5) is 11.9. The fourth-order valence-electron chi connectivity index (χ4n) is 2.10. The third-order valence-corrected chi connectivity index (χ3v) is 3.11. The Labute approximate surface area is 110 Å². The Morgan fingerprint density at radius 3 is 2.72 bits per heavy atom. The minimum absolute atomic E-state index is 0.0138. The summed E-state index contributed by atoms with van der Waals surface area (Å²) < 4.78 is 0. The zero-order valence-electron chi connectivity index (χ0n) is 11.6. The van der Waals surface area contributed by atoms with E-state index in [2.05, 4.69) is 25.2 Å². The van der Waals surface area contributed by atoms with Crippen LogP contribution < -0.4 is 11.1 Å². The van der Waals surface area contributed by atoms with Gasteiger partial charge >= 0.3 is 0 Å². The molecular formula is C15H24N2O. The first-order chi connectivity index (χ1) is 8.58. The third kappa shape index (κ3) is 4.15. The van der Waals surface area contributed by atoms with E-state index in [0.29, 0.717) is 6.42 Å². The lowest BCUT2D eigenvalue weighted by Gasteiger charge is -2.15. The highest BCUT2D eigenvalue weighted by atomic mass is 16.1. The zero-order valence-corrected chi connectivity index (χ0v) is 11.6. The molecule has 1 aromatic rings. The molecule has 18 heavy (non-hydrogen) atoms. The molecule has 0 aliphatic carbocycles. The Morgan fingerprint density at radius 2 is 2.11 bits per heavy atom. The van der Waals surface area contributed by atoms with Gasteiger partial charge in [0.15, 0.2) is 0 Å². The molecule has 1 aromatic carbocycles. The highest BCUT2D eigenvalue weighted by Gasteiger charge is 2.11. The van der Waals surface area contributed by atoms with Gasteiger partial charge in [-0.05, 0) is 30.9 Å². The highest BCUT2D eigenvalue weighted by Crippen LogP contribution is 2.21. The fraction of sp³-hybridized carbons (Fsp3) is 0.533. The van der Waals surface area contributed by atoms with Crippen LogP contribution in [0.3, 0.4) is 0 Å². The van der Waals surface area contributed by atoms with Crippen molar-refractivity contribution in [3.63, 3.8) is 0 Å². The minimum Gasteiger partial charge on any atom is -0.327 e. The van der Waals surface area contributed by atoms with Crippen LogP contribution in [-0.4, -0.2) is 11.9 Å². The van der Waals surface area contributed by atoms with E-state index in [4.69, 9.17) is 5.73 Å². The van der Waals surface area contributed by atoms with Gasteiger partial charge in [-0.2, -0.15) is 0 Å².